The van der Waals surface area contributed by atoms with Gasteiger partial charge >= 0.3 is 0 Å². The molecule has 0 fully saturated rings. The molecule has 0 saturated carbocycles. The van der Waals surface area contributed by atoms with Gasteiger partial charge in [-0.25, -0.2) is 4.39 Å². The van der Waals surface area contributed by atoms with Crippen LogP contribution in [0.5, 0.6) is 0 Å². The minimum absolute atomic E-state index is 0.0868. The van der Waals surface area contributed by atoms with Gasteiger partial charge in [-0.05, 0) is 42.8 Å². The summed E-state index contributed by atoms with van der Waals surface area (Å²) in [5.41, 5.74) is 2.12. The van der Waals surface area contributed by atoms with Crippen molar-refractivity contribution in [2.45, 2.75) is 19.9 Å². The quantitative estimate of drug-likeness (QED) is 0.832. The molecule has 2 rings (SSSR count). The fourth-order valence-corrected chi connectivity index (χ4v) is 2.83. The summed E-state index contributed by atoms with van der Waals surface area (Å²) in [6, 6.07) is 11.8. The van der Waals surface area contributed by atoms with Gasteiger partial charge in [0.2, 0.25) is 5.91 Å². The Morgan fingerprint density at radius 3 is 2.58 bits per heavy atom. The van der Waals surface area contributed by atoms with Crippen LogP contribution in [-0.2, 0) is 4.79 Å². The normalized spacial score (nSPS) is 13.4. The summed E-state index contributed by atoms with van der Waals surface area (Å²) in [5, 5.41) is 6.59. The Morgan fingerprint density at radius 1 is 1.25 bits per heavy atom. The third kappa shape index (κ3) is 4.34. The Bertz CT molecular complexity index is 720. The summed E-state index contributed by atoms with van der Waals surface area (Å²) in [7, 11) is 1.80. The summed E-state index contributed by atoms with van der Waals surface area (Å²) < 4.78 is 13.6. The van der Waals surface area contributed by atoms with Gasteiger partial charge in [-0.1, -0.05) is 48.9 Å². The first kappa shape index (κ1) is 18.4. The highest BCUT2D eigenvalue weighted by molar-refractivity contribution is 6.31. The smallest absolute Gasteiger partial charge is 0.224 e. The average Bonchev–Trinajstić information content (AvgIpc) is 2.56. The summed E-state index contributed by atoms with van der Waals surface area (Å²) in [6.07, 6.45) is 0. The zero-order chi connectivity index (χ0) is 17.7. The molecule has 0 heterocycles. The molecule has 2 aromatic rings. The van der Waals surface area contributed by atoms with Crippen LogP contribution in [0, 0.1) is 18.7 Å². The van der Waals surface area contributed by atoms with Crippen LogP contribution >= 0.6 is 11.6 Å². The van der Waals surface area contributed by atoms with Gasteiger partial charge in [0, 0.05) is 17.5 Å². The number of aryl methyl sites for hydroxylation is 1. The van der Waals surface area contributed by atoms with E-state index in [1.165, 1.54) is 6.07 Å². The maximum atomic E-state index is 13.6. The van der Waals surface area contributed by atoms with Crippen molar-refractivity contribution in [3.63, 3.8) is 0 Å². The molecule has 0 spiro atoms. The van der Waals surface area contributed by atoms with Crippen LogP contribution in [0.1, 0.15) is 29.7 Å². The van der Waals surface area contributed by atoms with Gasteiger partial charge in [0.25, 0.3) is 0 Å². The fourth-order valence-electron chi connectivity index (χ4n) is 2.58. The SMILES string of the molecule is CNCC(C)C(=O)NC(c1ccc(F)c(C)c1)c1ccccc1Cl. The second-order valence-corrected chi connectivity index (χ2v) is 6.34. The Morgan fingerprint density at radius 2 is 1.96 bits per heavy atom. The van der Waals surface area contributed by atoms with Crippen LogP contribution in [0.15, 0.2) is 42.5 Å². The second-order valence-electron chi connectivity index (χ2n) is 5.93. The van der Waals surface area contributed by atoms with E-state index < -0.39 is 6.04 Å². The van der Waals surface area contributed by atoms with Crippen molar-refractivity contribution in [2.75, 3.05) is 13.6 Å². The number of amides is 1. The van der Waals surface area contributed by atoms with Gasteiger partial charge in [0.1, 0.15) is 5.82 Å². The molecule has 0 bridgehead atoms. The van der Waals surface area contributed by atoms with Gasteiger partial charge in [0.15, 0.2) is 0 Å². The maximum absolute atomic E-state index is 13.6. The molecule has 5 heteroatoms. The molecular formula is C19H22ClFN2O. The van der Waals surface area contributed by atoms with E-state index in [4.69, 9.17) is 11.6 Å². The van der Waals surface area contributed by atoms with E-state index in [2.05, 4.69) is 10.6 Å². The summed E-state index contributed by atoms with van der Waals surface area (Å²) in [4.78, 5) is 12.5. The molecule has 0 saturated heterocycles. The number of hydrogen-bond acceptors (Lipinski definition) is 2. The molecule has 0 aromatic heterocycles. The highest BCUT2D eigenvalue weighted by atomic mass is 35.5. The van der Waals surface area contributed by atoms with Crippen LogP contribution in [0.4, 0.5) is 4.39 Å². The lowest BCUT2D eigenvalue weighted by molar-refractivity contribution is -0.124. The minimum atomic E-state index is -0.426. The van der Waals surface area contributed by atoms with Gasteiger partial charge in [-0.2, -0.15) is 0 Å². The van der Waals surface area contributed by atoms with Crippen LogP contribution in [0.2, 0.25) is 5.02 Å². The van der Waals surface area contributed by atoms with Crippen LogP contribution < -0.4 is 10.6 Å². The van der Waals surface area contributed by atoms with E-state index >= 15 is 0 Å². The van der Waals surface area contributed by atoms with Gasteiger partial charge in [-0.3, -0.25) is 4.79 Å². The zero-order valence-corrected chi connectivity index (χ0v) is 14.8. The van der Waals surface area contributed by atoms with Crippen molar-refractivity contribution in [1.29, 1.82) is 0 Å². The molecular weight excluding hydrogens is 327 g/mol. The topological polar surface area (TPSA) is 41.1 Å². The largest absolute Gasteiger partial charge is 0.345 e. The van der Waals surface area contributed by atoms with E-state index in [-0.39, 0.29) is 17.6 Å². The van der Waals surface area contributed by atoms with E-state index in [1.807, 2.05) is 25.1 Å². The lowest BCUT2D eigenvalue weighted by Crippen LogP contribution is -2.37. The predicted molar refractivity (Wildman–Crippen MR) is 95.7 cm³/mol. The van der Waals surface area contributed by atoms with E-state index in [0.29, 0.717) is 17.1 Å². The number of halogens is 2. The number of rotatable bonds is 6. The van der Waals surface area contributed by atoms with Crippen LogP contribution in [0.25, 0.3) is 0 Å². The Kier molecular flexibility index (Phi) is 6.35. The molecule has 0 radical (unpaired) electrons. The Hall–Kier alpha value is -1.91. The first-order chi connectivity index (χ1) is 11.4. The van der Waals surface area contributed by atoms with Crippen molar-refractivity contribution < 1.29 is 9.18 Å². The van der Waals surface area contributed by atoms with E-state index in [0.717, 1.165) is 11.1 Å². The van der Waals surface area contributed by atoms with Gasteiger partial charge in [0.05, 0.1) is 6.04 Å². The number of carbonyl (C=O) groups is 1. The summed E-state index contributed by atoms with van der Waals surface area (Å²) in [6.45, 7) is 4.13. The first-order valence-electron chi connectivity index (χ1n) is 7.89. The highest BCUT2D eigenvalue weighted by Gasteiger charge is 2.22. The highest BCUT2D eigenvalue weighted by Crippen LogP contribution is 2.29. The van der Waals surface area contributed by atoms with Crippen molar-refractivity contribution in [2.24, 2.45) is 5.92 Å². The maximum Gasteiger partial charge on any atom is 0.224 e. The Labute approximate surface area is 147 Å². The average molecular weight is 349 g/mol. The standard InChI is InChI=1S/C19H22ClFN2O/c1-12-10-14(8-9-17(12)21)18(15-6-4-5-7-16(15)20)23-19(24)13(2)11-22-3/h4-10,13,18,22H,11H2,1-3H3,(H,23,24). The van der Waals surface area contributed by atoms with Crippen molar-refractivity contribution >= 4 is 17.5 Å². The molecule has 0 aliphatic carbocycles. The van der Waals surface area contributed by atoms with Crippen molar-refractivity contribution in [3.05, 3.63) is 70.0 Å². The molecule has 2 aromatic carbocycles. The number of benzene rings is 2. The third-order valence-electron chi connectivity index (χ3n) is 3.98. The van der Waals surface area contributed by atoms with Crippen molar-refractivity contribution in [1.82, 2.24) is 10.6 Å². The lowest BCUT2D eigenvalue weighted by atomic mass is 9.96. The lowest BCUT2D eigenvalue weighted by Gasteiger charge is -2.23. The number of carbonyl (C=O) groups excluding carboxylic acids is 1. The molecule has 24 heavy (non-hydrogen) atoms. The van der Waals surface area contributed by atoms with Gasteiger partial charge in [-0.15, -0.1) is 0 Å². The molecule has 3 nitrogen and oxygen atoms in total. The van der Waals surface area contributed by atoms with E-state index in [9.17, 15) is 9.18 Å². The summed E-state index contributed by atoms with van der Waals surface area (Å²) in [5.74, 6) is -0.552. The van der Waals surface area contributed by atoms with E-state index in [1.54, 1.807) is 32.2 Å². The molecule has 1 amide bonds. The number of hydrogen-bond donors (Lipinski definition) is 2. The zero-order valence-electron chi connectivity index (χ0n) is 14.1. The van der Waals surface area contributed by atoms with Crippen LogP contribution in [0.3, 0.4) is 0 Å². The second kappa shape index (κ2) is 8.27. The van der Waals surface area contributed by atoms with Crippen molar-refractivity contribution in [3.8, 4) is 0 Å². The molecule has 0 aliphatic rings. The Balaban J connectivity index is 2.40. The van der Waals surface area contributed by atoms with Gasteiger partial charge < -0.3 is 10.6 Å². The van der Waals surface area contributed by atoms with Crippen LogP contribution in [-0.4, -0.2) is 19.5 Å². The number of nitrogens with one attached hydrogen (secondary N) is 2. The molecule has 128 valence electrons. The minimum Gasteiger partial charge on any atom is -0.345 e. The monoisotopic (exact) mass is 348 g/mol. The molecule has 2 atom stereocenters. The fraction of sp³-hybridized carbons (Fsp3) is 0.316. The molecule has 2 unspecified atom stereocenters. The molecule has 2 N–H and O–H groups in total. The summed E-state index contributed by atoms with van der Waals surface area (Å²) >= 11 is 6.33. The molecule has 0 aliphatic heterocycles. The third-order valence-corrected chi connectivity index (χ3v) is 4.32. The predicted octanol–water partition coefficient (Wildman–Crippen LogP) is 3.85. The first-order valence-corrected chi connectivity index (χ1v) is 8.27.